The first-order valence-electron chi connectivity index (χ1n) is 8.32. The summed E-state index contributed by atoms with van der Waals surface area (Å²) in [5.41, 5.74) is 4.82. The third-order valence-corrected chi connectivity index (χ3v) is 4.54. The molecule has 128 valence electrons. The third-order valence-electron chi connectivity index (χ3n) is 4.54. The Labute approximate surface area is 141 Å². The van der Waals surface area contributed by atoms with Gasteiger partial charge in [-0.2, -0.15) is 5.10 Å². The lowest BCUT2D eigenvalue weighted by molar-refractivity contribution is -0.131. The van der Waals surface area contributed by atoms with Crippen LogP contribution in [0, 0.1) is 20.8 Å². The van der Waals surface area contributed by atoms with Gasteiger partial charge in [-0.25, -0.2) is 9.50 Å². The number of carbonyl (C=O) groups is 2. The van der Waals surface area contributed by atoms with Gasteiger partial charge in [0.05, 0.1) is 5.69 Å². The molecule has 0 bridgehead atoms. The Bertz CT molecular complexity index is 796. The number of aryl methyl sites for hydroxylation is 3. The van der Waals surface area contributed by atoms with Gasteiger partial charge in [0.25, 0.3) is 0 Å². The molecule has 0 saturated carbocycles. The van der Waals surface area contributed by atoms with E-state index in [2.05, 4.69) is 15.4 Å². The molecule has 0 radical (unpaired) electrons. The number of rotatable bonds is 3. The van der Waals surface area contributed by atoms with Crippen molar-refractivity contribution in [3.05, 3.63) is 28.7 Å². The molecule has 7 heteroatoms. The molecule has 7 nitrogen and oxygen atoms in total. The average molecular weight is 329 g/mol. The molecule has 0 atom stereocenters. The topological polar surface area (TPSA) is 79.6 Å². The van der Waals surface area contributed by atoms with E-state index < -0.39 is 0 Å². The second-order valence-corrected chi connectivity index (χ2v) is 6.30. The SMILES string of the molecule is Cc1cc2nc(C)c(CCC(=O)N3CCNC(=O)CC3)c(C)n2n1. The van der Waals surface area contributed by atoms with Crippen LogP contribution < -0.4 is 5.32 Å². The van der Waals surface area contributed by atoms with Crippen molar-refractivity contribution in [2.24, 2.45) is 0 Å². The number of nitrogens with zero attached hydrogens (tertiary/aromatic N) is 4. The normalized spacial score (nSPS) is 15.5. The van der Waals surface area contributed by atoms with Gasteiger partial charge in [0, 0.05) is 49.9 Å². The van der Waals surface area contributed by atoms with Crippen molar-refractivity contribution in [2.75, 3.05) is 19.6 Å². The lowest BCUT2D eigenvalue weighted by Crippen LogP contribution is -2.34. The van der Waals surface area contributed by atoms with Crippen LogP contribution in [0.4, 0.5) is 0 Å². The summed E-state index contributed by atoms with van der Waals surface area (Å²) in [4.78, 5) is 30.2. The summed E-state index contributed by atoms with van der Waals surface area (Å²) in [6, 6.07) is 1.95. The van der Waals surface area contributed by atoms with Crippen LogP contribution in [-0.4, -0.2) is 50.9 Å². The first-order valence-corrected chi connectivity index (χ1v) is 8.32. The molecule has 1 N–H and O–H groups in total. The van der Waals surface area contributed by atoms with Crippen molar-refractivity contribution in [3.63, 3.8) is 0 Å². The summed E-state index contributed by atoms with van der Waals surface area (Å²) in [5.74, 6) is 0.0998. The predicted octanol–water partition coefficient (Wildman–Crippen LogP) is 0.936. The molecule has 0 aromatic carbocycles. The molecule has 0 unspecified atom stereocenters. The van der Waals surface area contributed by atoms with E-state index in [4.69, 9.17) is 0 Å². The number of amides is 2. The van der Waals surface area contributed by atoms with Gasteiger partial charge in [-0.3, -0.25) is 9.59 Å². The van der Waals surface area contributed by atoms with E-state index in [1.807, 2.05) is 31.4 Å². The molecule has 3 heterocycles. The van der Waals surface area contributed by atoms with Crippen molar-refractivity contribution < 1.29 is 9.59 Å². The first-order chi connectivity index (χ1) is 11.5. The summed E-state index contributed by atoms with van der Waals surface area (Å²) in [6.07, 6.45) is 1.43. The summed E-state index contributed by atoms with van der Waals surface area (Å²) in [5, 5.41) is 7.25. The van der Waals surface area contributed by atoms with Crippen LogP contribution in [0.25, 0.3) is 5.65 Å². The number of nitrogens with one attached hydrogen (secondary N) is 1. The van der Waals surface area contributed by atoms with Gasteiger partial charge in [-0.15, -0.1) is 0 Å². The van der Waals surface area contributed by atoms with Crippen LogP contribution in [0.2, 0.25) is 0 Å². The Hall–Kier alpha value is -2.44. The monoisotopic (exact) mass is 329 g/mol. The second-order valence-electron chi connectivity index (χ2n) is 6.30. The molecular weight excluding hydrogens is 306 g/mol. The second kappa shape index (κ2) is 6.59. The third kappa shape index (κ3) is 3.25. The largest absolute Gasteiger partial charge is 0.354 e. The maximum atomic E-state index is 12.5. The highest BCUT2D eigenvalue weighted by Crippen LogP contribution is 2.17. The molecule has 3 rings (SSSR count). The zero-order valence-corrected chi connectivity index (χ0v) is 14.4. The Morgan fingerprint density at radius 3 is 2.88 bits per heavy atom. The zero-order valence-electron chi connectivity index (χ0n) is 14.4. The van der Waals surface area contributed by atoms with E-state index in [0.29, 0.717) is 38.9 Å². The number of hydrogen-bond donors (Lipinski definition) is 1. The van der Waals surface area contributed by atoms with Gasteiger partial charge in [0.1, 0.15) is 0 Å². The van der Waals surface area contributed by atoms with Crippen LogP contribution in [0.3, 0.4) is 0 Å². The van der Waals surface area contributed by atoms with Crippen LogP contribution in [-0.2, 0) is 16.0 Å². The van der Waals surface area contributed by atoms with E-state index in [0.717, 1.165) is 28.3 Å². The lowest BCUT2D eigenvalue weighted by Gasteiger charge is -2.20. The van der Waals surface area contributed by atoms with Crippen LogP contribution in [0.15, 0.2) is 6.07 Å². The molecule has 0 spiro atoms. The fourth-order valence-corrected chi connectivity index (χ4v) is 3.21. The fourth-order valence-electron chi connectivity index (χ4n) is 3.21. The molecule has 2 aromatic rings. The van der Waals surface area contributed by atoms with Crippen molar-refractivity contribution >= 4 is 17.5 Å². The highest BCUT2D eigenvalue weighted by atomic mass is 16.2. The van der Waals surface area contributed by atoms with Crippen LogP contribution >= 0.6 is 0 Å². The molecule has 0 aliphatic carbocycles. The minimum absolute atomic E-state index is 0.0145. The minimum atomic E-state index is 0.0145. The van der Waals surface area contributed by atoms with Gasteiger partial charge in [0.2, 0.25) is 11.8 Å². The summed E-state index contributed by atoms with van der Waals surface area (Å²) >= 11 is 0. The fraction of sp³-hybridized carbons (Fsp3) is 0.529. The molecule has 1 aliphatic heterocycles. The van der Waals surface area contributed by atoms with Crippen LogP contribution in [0.1, 0.15) is 35.5 Å². The first kappa shape index (κ1) is 16.4. The standard InChI is InChI=1S/C17H23N5O2/c1-11-10-15-19-12(2)14(13(3)22(15)20-11)4-5-17(24)21-8-6-16(23)18-7-9-21/h10H,4-9H2,1-3H3,(H,18,23). The molecule has 1 saturated heterocycles. The maximum absolute atomic E-state index is 12.5. The zero-order chi connectivity index (χ0) is 17.3. The highest BCUT2D eigenvalue weighted by molar-refractivity contribution is 5.80. The maximum Gasteiger partial charge on any atom is 0.222 e. The molecule has 1 aliphatic rings. The van der Waals surface area contributed by atoms with Gasteiger partial charge >= 0.3 is 0 Å². The van der Waals surface area contributed by atoms with E-state index in [9.17, 15) is 9.59 Å². The minimum Gasteiger partial charge on any atom is -0.354 e. The number of carbonyl (C=O) groups excluding carboxylic acids is 2. The number of fused-ring (bicyclic) bond motifs is 1. The molecule has 2 amide bonds. The van der Waals surface area contributed by atoms with Gasteiger partial charge in [0.15, 0.2) is 5.65 Å². The quantitative estimate of drug-likeness (QED) is 0.909. The number of aromatic nitrogens is 3. The van der Waals surface area contributed by atoms with Crippen molar-refractivity contribution in [2.45, 2.75) is 40.0 Å². The Balaban J connectivity index is 1.73. The van der Waals surface area contributed by atoms with Gasteiger partial charge in [-0.1, -0.05) is 0 Å². The molecule has 2 aromatic heterocycles. The average Bonchev–Trinajstić information content (AvgIpc) is 2.76. The lowest BCUT2D eigenvalue weighted by atomic mass is 10.1. The van der Waals surface area contributed by atoms with Gasteiger partial charge in [-0.05, 0) is 32.8 Å². The van der Waals surface area contributed by atoms with Crippen molar-refractivity contribution in [3.8, 4) is 0 Å². The molecule has 1 fully saturated rings. The molecular formula is C17H23N5O2. The Kier molecular flexibility index (Phi) is 4.51. The summed E-state index contributed by atoms with van der Waals surface area (Å²) in [7, 11) is 0. The smallest absolute Gasteiger partial charge is 0.222 e. The molecule has 24 heavy (non-hydrogen) atoms. The highest BCUT2D eigenvalue weighted by Gasteiger charge is 2.19. The van der Waals surface area contributed by atoms with E-state index >= 15 is 0 Å². The predicted molar refractivity (Wildman–Crippen MR) is 89.7 cm³/mol. The Morgan fingerprint density at radius 2 is 2.08 bits per heavy atom. The number of hydrogen-bond acceptors (Lipinski definition) is 4. The Morgan fingerprint density at radius 1 is 1.29 bits per heavy atom. The van der Waals surface area contributed by atoms with E-state index in [-0.39, 0.29) is 11.8 Å². The summed E-state index contributed by atoms with van der Waals surface area (Å²) in [6.45, 7) is 7.55. The van der Waals surface area contributed by atoms with Crippen molar-refractivity contribution in [1.82, 2.24) is 24.8 Å². The van der Waals surface area contributed by atoms with E-state index in [1.54, 1.807) is 4.90 Å². The summed E-state index contributed by atoms with van der Waals surface area (Å²) < 4.78 is 1.84. The van der Waals surface area contributed by atoms with Crippen LogP contribution in [0.5, 0.6) is 0 Å². The van der Waals surface area contributed by atoms with Gasteiger partial charge < -0.3 is 10.2 Å². The van der Waals surface area contributed by atoms with Crippen molar-refractivity contribution in [1.29, 1.82) is 0 Å². The van der Waals surface area contributed by atoms with E-state index in [1.165, 1.54) is 0 Å².